The SMILES string of the molecule is CCOC(OCC)/C(N)=C\O. The number of hydrogen-bond acceptors (Lipinski definition) is 4. The Hall–Kier alpha value is -0.740. The number of aliphatic hydroxyl groups is 1. The van der Waals surface area contributed by atoms with Gasteiger partial charge in [-0.3, -0.25) is 0 Å². The van der Waals surface area contributed by atoms with Gasteiger partial charge in [0.2, 0.25) is 6.29 Å². The normalized spacial score (nSPS) is 12.5. The average Bonchev–Trinajstić information content (AvgIpc) is 2.03. The van der Waals surface area contributed by atoms with E-state index in [4.69, 9.17) is 20.3 Å². The third-order valence-corrected chi connectivity index (χ3v) is 1.06. The van der Waals surface area contributed by atoms with Gasteiger partial charge in [-0.25, -0.2) is 0 Å². The van der Waals surface area contributed by atoms with Crippen LogP contribution in [0.3, 0.4) is 0 Å². The van der Waals surface area contributed by atoms with E-state index in [1.54, 1.807) is 0 Å². The first-order valence-electron chi connectivity index (χ1n) is 3.59. The molecule has 0 heterocycles. The molecule has 0 amide bonds. The summed E-state index contributed by atoms with van der Waals surface area (Å²) in [6.07, 6.45) is 0.172. The molecule has 0 aliphatic carbocycles. The highest BCUT2D eigenvalue weighted by molar-refractivity contribution is 4.94. The maximum absolute atomic E-state index is 8.51. The Morgan fingerprint density at radius 2 is 1.91 bits per heavy atom. The Balaban J connectivity index is 3.87. The maximum Gasteiger partial charge on any atom is 0.201 e. The summed E-state index contributed by atoms with van der Waals surface area (Å²) in [4.78, 5) is 0. The van der Waals surface area contributed by atoms with Crippen LogP contribution in [-0.2, 0) is 9.47 Å². The first-order chi connectivity index (χ1) is 5.26. The molecule has 4 heteroatoms. The highest BCUT2D eigenvalue weighted by Gasteiger charge is 2.10. The fraction of sp³-hybridized carbons (Fsp3) is 0.714. The Bertz CT molecular complexity index is 119. The molecular formula is C7H15NO3. The third kappa shape index (κ3) is 3.85. The highest BCUT2D eigenvalue weighted by Crippen LogP contribution is 2.01. The molecule has 0 fully saturated rings. The van der Waals surface area contributed by atoms with Crippen molar-refractivity contribution >= 4 is 0 Å². The minimum absolute atomic E-state index is 0.189. The summed E-state index contributed by atoms with van der Waals surface area (Å²) in [5.74, 6) is 0. The van der Waals surface area contributed by atoms with Crippen molar-refractivity contribution in [3.05, 3.63) is 12.0 Å². The van der Waals surface area contributed by atoms with Crippen LogP contribution in [0.15, 0.2) is 12.0 Å². The van der Waals surface area contributed by atoms with Gasteiger partial charge in [-0.05, 0) is 13.8 Å². The van der Waals surface area contributed by atoms with Crippen LogP contribution < -0.4 is 5.73 Å². The summed E-state index contributed by atoms with van der Waals surface area (Å²) < 4.78 is 10.1. The van der Waals surface area contributed by atoms with Gasteiger partial charge in [-0.1, -0.05) is 0 Å². The lowest BCUT2D eigenvalue weighted by Gasteiger charge is -2.15. The highest BCUT2D eigenvalue weighted by atomic mass is 16.7. The van der Waals surface area contributed by atoms with Crippen molar-refractivity contribution in [1.29, 1.82) is 0 Å². The number of hydrogen-bond donors (Lipinski definition) is 2. The van der Waals surface area contributed by atoms with Gasteiger partial charge in [-0.2, -0.15) is 0 Å². The van der Waals surface area contributed by atoms with Crippen molar-refractivity contribution in [2.45, 2.75) is 20.1 Å². The second-order valence-electron chi connectivity index (χ2n) is 1.87. The molecule has 4 nitrogen and oxygen atoms in total. The van der Waals surface area contributed by atoms with Gasteiger partial charge in [-0.15, -0.1) is 0 Å². The first kappa shape index (κ1) is 10.3. The minimum atomic E-state index is -0.616. The third-order valence-electron chi connectivity index (χ3n) is 1.06. The van der Waals surface area contributed by atoms with Gasteiger partial charge < -0.3 is 20.3 Å². The first-order valence-corrected chi connectivity index (χ1v) is 3.59. The van der Waals surface area contributed by atoms with E-state index >= 15 is 0 Å². The molecule has 3 N–H and O–H groups in total. The van der Waals surface area contributed by atoms with Crippen LogP contribution in [0.4, 0.5) is 0 Å². The van der Waals surface area contributed by atoms with Gasteiger partial charge in [0.25, 0.3) is 0 Å². The topological polar surface area (TPSA) is 64.7 Å². The molecule has 0 atom stereocenters. The molecule has 66 valence electrons. The van der Waals surface area contributed by atoms with Gasteiger partial charge in [0, 0.05) is 13.2 Å². The van der Waals surface area contributed by atoms with Crippen LogP contribution >= 0.6 is 0 Å². The molecule has 0 aliphatic heterocycles. The van der Waals surface area contributed by atoms with Crippen LogP contribution in [0, 0.1) is 0 Å². The van der Waals surface area contributed by atoms with Crippen LogP contribution in [0.1, 0.15) is 13.8 Å². The lowest BCUT2D eigenvalue weighted by Crippen LogP contribution is -2.24. The van der Waals surface area contributed by atoms with E-state index in [0.717, 1.165) is 6.26 Å². The maximum atomic E-state index is 8.51. The molecule has 0 aromatic carbocycles. The summed E-state index contributed by atoms with van der Waals surface area (Å²) in [6, 6.07) is 0. The van der Waals surface area contributed by atoms with Crippen LogP contribution in [0.2, 0.25) is 0 Å². The van der Waals surface area contributed by atoms with Crippen LogP contribution in [0.5, 0.6) is 0 Å². The number of rotatable bonds is 5. The van der Waals surface area contributed by atoms with E-state index in [1.165, 1.54) is 0 Å². The van der Waals surface area contributed by atoms with Gasteiger partial charge >= 0.3 is 0 Å². The zero-order valence-corrected chi connectivity index (χ0v) is 6.91. The van der Waals surface area contributed by atoms with E-state index in [9.17, 15) is 0 Å². The predicted molar refractivity (Wildman–Crippen MR) is 41.9 cm³/mol. The molecule has 0 unspecified atom stereocenters. The summed E-state index contributed by atoms with van der Waals surface area (Å²) in [6.45, 7) is 4.66. The zero-order valence-electron chi connectivity index (χ0n) is 6.91. The quantitative estimate of drug-likeness (QED) is 0.461. The van der Waals surface area contributed by atoms with Gasteiger partial charge in [0.1, 0.15) is 6.26 Å². The second kappa shape index (κ2) is 6.00. The van der Waals surface area contributed by atoms with Gasteiger partial charge in [0.05, 0.1) is 5.70 Å². The van der Waals surface area contributed by atoms with Crippen molar-refractivity contribution in [1.82, 2.24) is 0 Å². The van der Waals surface area contributed by atoms with Crippen LogP contribution in [0.25, 0.3) is 0 Å². The smallest absolute Gasteiger partial charge is 0.201 e. The summed E-state index contributed by atoms with van der Waals surface area (Å²) in [5, 5.41) is 8.51. The molecule has 0 aromatic rings. The summed E-state index contributed by atoms with van der Waals surface area (Å²) in [7, 11) is 0. The van der Waals surface area contributed by atoms with Gasteiger partial charge in [0.15, 0.2) is 0 Å². The minimum Gasteiger partial charge on any atom is -0.514 e. The number of nitrogens with two attached hydrogens (primary N) is 1. The van der Waals surface area contributed by atoms with Crippen molar-refractivity contribution in [3.63, 3.8) is 0 Å². The summed E-state index contributed by atoms with van der Waals surface area (Å²) in [5.41, 5.74) is 5.54. The number of ether oxygens (including phenoxy) is 2. The summed E-state index contributed by atoms with van der Waals surface area (Å²) >= 11 is 0. The van der Waals surface area contributed by atoms with E-state index < -0.39 is 6.29 Å². The molecule has 0 spiro atoms. The standard InChI is InChI=1S/C7H15NO3/c1-3-10-7(11-4-2)6(8)5-9/h5,7,9H,3-4,8H2,1-2H3/b6-5+. The molecule has 0 saturated carbocycles. The molecule has 0 radical (unpaired) electrons. The lowest BCUT2D eigenvalue weighted by atomic mass is 10.5. The zero-order chi connectivity index (χ0) is 8.69. The predicted octanol–water partition coefficient (Wildman–Crippen LogP) is 0.744. The molecule has 11 heavy (non-hydrogen) atoms. The molecule has 0 aliphatic rings. The lowest BCUT2D eigenvalue weighted by molar-refractivity contribution is -0.113. The van der Waals surface area contributed by atoms with E-state index in [-0.39, 0.29) is 5.70 Å². The Kier molecular flexibility index (Phi) is 5.60. The van der Waals surface area contributed by atoms with E-state index in [1.807, 2.05) is 13.8 Å². The molecular weight excluding hydrogens is 146 g/mol. The van der Waals surface area contributed by atoms with Crippen molar-refractivity contribution in [2.24, 2.45) is 5.73 Å². The fourth-order valence-corrected chi connectivity index (χ4v) is 0.604. The van der Waals surface area contributed by atoms with E-state index in [2.05, 4.69) is 0 Å². The Morgan fingerprint density at radius 1 is 1.45 bits per heavy atom. The average molecular weight is 161 g/mol. The van der Waals surface area contributed by atoms with Crippen molar-refractivity contribution in [2.75, 3.05) is 13.2 Å². The monoisotopic (exact) mass is 161 g/mol. The number of aliphatic hydroxyl groups excluding tert-OH is 1. The molecule has 0 bridgehead atoms. The molecule has 0 aromatic heterocycles. The fourth-order valence-electron chi connectivity index (χ4n) is 0.604. The second-order valence-corrected chi connectivity index (χ2v) is 1.87. The molecule has 0 saturated heterocycles. The van der Waals surface area contributed by atoms with Crippen molar-refractivity contribution < 1.29 is 14.6 Å². The van der Waals surface area contributed by atoms with Crippen molar-refractivity contribution in [3.8, 4) is 0 Å². The van der Waals surface area contributed by atoms with E-state index in [0.29, 0.717) is 13.2 Å². The Morgan fingerprint density at radius 3 is 2.18 bits per heavy atom. The van der Waals surface area contributed by atoms with Crippen LogP contribution in [-0.4, -0.2) is 24.6 Å². The molecule has 0 rings (SSSR count). The Labute approximate surface area is 66.6 Å². The largest absolute Gasteiger partial charge is 0.514 e.